The van der Waals surface area contributed by atoms with Gasteiger partial charge in [-0.05, 0) is 36.5 Å². The number of halogens is 2. The first-order chi connectivity index (χ1) is 9.08. The molecule has 7 heteroatoms. The average molecular weight is 314 g/mol. The molecule has 2 rings (SSSR count). The minimum atomic E-state index is 0.0842. The first kappa shape index (κ1) is 13.9. The van der Waals surface area contributed by atoms with Crippen LogP contribution in [0.4, 0.5) is 0 Å². The number of hydrogen-bond donors (Lipinski definition) is 2. The zero-order valence-corrected chi connectivity index (χ0v) is 11.9. The molecular weight excluding hydrogens is 305 g/mol. The van der Waals surface area contributed by atoms with Crippen molar-refractivity contribution in [3.05, 3.63) is 46.1 Å². The summed E-state index contributed by atoms with van der Waals surface area (Å²) in [5, 5.41) is 4.80. The highest BCUT2D eigenvalue weighted by molar-refractivity contribution is 7.80. The molecule has 0 amide bonds. The van der Waals surface area contributed by atoms with Gasteiger partial charge in [-0.15, -0.1) is 0 Å². The monoisotopic (exact) mass is 313 g/mol. The third-order valence-corrected chi connectivity index (χ3v) is 3.12. The van der Waals surface area contributed by atoms with Gasteiger partial charge in [0.25, 0.3) is 0 Å². The summed E-state index contributed by atoms with van der Waals surface area (Å²) in [7, 11) is 0. The second-order valence-electron chi connectivity index (χ2n) is 3.54. The topological polar surface area (TPSA) is 63.5 Å². The van der Waals surface area contributed by atoms with Crippen LogP contribution in [0.1, 0.15) is 5.76 Å². The zero-order valence-electron chi connectivity index (χ0n) is 9.56. The summed E-state index contributed by atoms with van der Waals surface area (Å²) in [5.74, 6) is 1.14. The Hall–Kier alpha value is -1.56. The van der Waals surface area contributed by atoms with Crippen LogP contribution in [0.15, 0.2) is 39.9 Å². The number of hydrogen-bond acceptors (Lipinski definition) is 3. The molecule has 0 fully saturated rings. The van der Waals surface area contributed by atoms with Gasteiger partial charge < -0.3 is 10.2 Å². The Kier molecular flexibility index (Phi) is 4.42. The third kappa shape index (κ3) is 3.47. The van der Waals surface area contributed by atoms with Gasteiger partial charge >= 0.3 is 0 Å². The fourth-order valence-corrected chi connectivity index (χ4v) is 1.87. The molecule has 0 aliphatic rings. The van der Waals surface area contributed by atoms with Crippen LogP contribution >= 0.6 is 35.4 Å². The molecular formula is C12H9Cl2N3OS. The SMILES string of the molecule is NC(=S)N/N=C\c1ccc(-c2cccc(Cl)c2Cl)o1. The van der Waals surface area contributed by atoms with E-state index in [4.69, 9.17) is 33.4 Å². The lowest BCUT2D eigenvalue weighted by Crippen LogP contribution is -2.23. The molecule has 0 atom stereocenters. The molecule has 1 aromatic carbocycles. The van der Waals surface area contributed by atoms with Gasteiger partial charge in [-0.3, -0.25) is 5.43 Å². The molecule has 0 aliphatic carbocycles. The fourth-order valence-electron chi connectivity index (χ4n) is 1.42. The standard InChI is InChI=1S/C12H9Cl2N3OS/c13-9-3-1-2-8(11(9)14)10-5-4-7(18-10)6-16-17-12(15)19/h1-6H,(H3,15,17,19)/b16-6-. The van der Waals surface area contributed by atoms with Crippen LogP contribution in [0.3, 0.4) is 0 Å². The van der Waals surface area contributed by atoms with Gasteiger partial charge in [-0.25, -0.2) is 0 Å². The molecule has 0 spiro atoms. The molecule has 1 aromatic heterocycles. The predicted molar refractivity (Wildman–Crippen MR) is 81.7 cm³/mol. The third-order valence-electron chi connectivity index (χ3n) is 2.21. The van der Waals surface area contributed by atoms with Crippen LogP contribution in [-0.2, 0) is 0 Å². The predicted octanol–water partition coefficient (Wildman–Crippen LogP) is 3.42. The maximum atomic E-state index is 6.11. The molecule has 19 heavy (non-hydrogen) atoms. The van der Waals surface area contributed by atoms with E-state index in [-0.39, 0.29) is 5.11 Å². The lowest BCUT2D eigenvalue weighted by molar-refractivity contribution is 0.574. The molecule has 4 nitrogen and oxygen atoms in total. The molecule has 98 valence electrons. The number of benzene rings is 1. The van der Waals surface area contributed by atoms with Gasteiger partial charge in [0.1, 0.15) is 11.5 Å². The zero-order chi connectivity index (χ0) is 13.8. The number of nitrogens with zero attached hydrogens (tertiary/aromatic N) is 1. The number of furan rings is 1. The van der Waals surface area contributed by atoms with Crippen molar-refractivity contribution >= 4 is 46.7 Å². The second kappa shape index (κ2) is 6.06. The van der Waals surface area contributed by atoms with Crippen molar-refractivity contribution in [2.45, 2.75) is 0 Å². The Morgan fingerprint density at radius 2 is 2.11 bits per heavy atom. The van der Waals surface area contributed by atoms with E-state index in [1.807, 2.05) is 6.07 Å². The Morgan fingerprint density at radius 3 is 2.84 bits per heavy atom. The summed E-state index contributed by atoms with van der Waals surface area (Å²) in [6.45, 7) is 0. The van der Waals surface area contributed by atoms with Gasteiger partial charge in [0.2, 0.25) is 0 Å². The second-order valence-corrected chi connectivity index (χ2v) is 4.76. The molecule has 0 bridgehead atoms. The molecule has 1 heterocycles. The van der Waals surface area contributed by atoms with Gasteiger partial charge in [0, 0.05) is 5.56 Å². The molecule has 0 radical (unpaired) electrons. The summed E-state index contributed by atoms with van der Waals surface area (Å²) in [6, 6.07) is 8.86. The highest BCUT2D eigenvalue weighted by Crippen LogP contribution is 2.33. The van der Waals surface area contributed by atoms with E-state index in [9.17, 15) is 0 Å². The van der Waals surface area contributed by atoms with Crippen molar-refractivity contribution in [3.63, 3.8) is 0 Å². The number of hydrazone groups is 1. The van der Waals surface area contributed by atoms with E-state index in [1.54, 1.807) is 24.3 Å². The Balaban J connectivity index is 2.23. The number of nitrogens with one attached hydrogen (secondary N) is 1. The number of nitrogens with two attached hydrogens (primary N) is 1. The van der Waals surface area contributed by atoms with Crippen LogP contribution in [0.25, 0.3) is 11.3 Å². The highest BCUT2D eigenvalue weighted by atomic mass is 35.5. The fraction of sp³-hybridized carbons (Fsp3) is 0. The van der Waals surface area contributed by atoms with Crippen molar-refractivity contribution in [2.75, 3.05) is 0 Å². The maximum Gasteiger partial charge on any atom is 0.184 e. The van der Waals surface area contributed by atoms with Gasteiger partial charge in [0.05, 0.1) is 16.3 Å². The molecule has 2 aromatic rings. The number of thiocarbonyl (C=S) groups is 1. The Labute approximate surface area is 125 Å². The van der Waals surface area contributed by atoms with Crippen LogP contribution in [0, 0.1) is 0 Å². The van der Waals surface area contributed by atoms with E-state index in [2.05, 4.69) is 22.7 Å². The molecule has 0 unspecified atom stereocenters. The highest BCUT2D eigenvalue weighted by Gasteiger charge is 2.10. The molecule has 0 saturated carbocycles. The van der Waals surface area contributed by atoms with Crippen LogP contribution < -0.4 is 11.2 Å². The summed E-state index contributed by atoms with van der Waals surface area (Å²) in [6.07, 6.45) is 1.46. The minimum absolute atomic E-state index is 0.0842. The van der Waals surface area contributed by atoms with E-state index in [1.165, 1.54) is 6.21 Å². The summed E-state index contributed by atoms with van der Waals surface area (Å²) >= 11 is 16.7. The first-order valence-electron chi connectivity index (χ1n) is 5.20. The normalized spacial score (nSPS) is 10.8. The molecule has 0 aliphatic heterocycles. The molecule has 3 N–H and O–H groups in total. The van der Waals surface area contributed by atoms with E-state index in [0.29, 0.717) is 21.6 Å². The summed E-state index contributed by atoms with van der Waals surface area (Å²) in [4.78, 5) is 0. The summed E-state index contributed by atoms with van der Waals surface area (Å²) < 4.78 is 5.57. The van der Waals surface area contributed by atoms with Crippen LogP contribution in [-0.4, -0.2) is 11.3 Å². The lowest BCUT2D eigenvalue weighted by atomic mass is 10.2. The minimum Gasteiger partial charge on any atom is -0.455 e. The van der Waals surface area contributed by atoms with Crippen LogP contribution in [0.5, 0.6) is 0 Å². The maximum absolute atomic E-state index is 6.11. The van der Waals surface area contributed by atoms with Crippen molar-refractivity contribution in [3.8, 4) is 11.3 Å². The largest absolute Gasteiger partial charge is 0.455 e. The van der Waals surface area contributed by atoms with Crippen molar-refractivity contribution in [2.24, 2.45) is 10.8 Å². The van der Waals surface area contributed by atoms with Crippen molar-refractivity contribution < 1.29 is 4.42 Å². The van der Waals surface area contributed by atoms with Gasteiger partial charge in [0.15, 0.2) is 5.11 Å². The lowest BCUT2D eigenvalue weighted by Gasteiger charge is -2.01. The Bertz CT molecular complexity index is 640. The van der Waals surface area contributed by atoms with E-state index < -0.39 is 0 Å². The first-order valence-corrected chi connectivity index (χ1v) is 6.37. The summed E-state index contributed by atoms with van der Waals surface area (Å²) in [5.41, 5.74) is 8.39. The molecule has 0 saturated heterocycles. The van der Waals surface area contributed by atoms with Crippen molar-refractivity contribution in [1.29, 1.82) is 0 Å². The van der Waals surface area contributed by atoms with Crippen LogP contribution in [0.2, 0.25) is 10.0 Å². The smallest absolute Gasteiger partial charge is 0.184 e. The van der Waals surface area contributed by atoms with Gasteiger partial charge in [-0.2, -0.15) is 5.10 Å². The average Bonchev–Trinajstić information content (AvgIpc) is 2.81. The van der Waals surface area contributed by atoms with Crippen molar-refractivity contribution in [1.82, 2.24) is 5.43 Å². The van der Waals surface area contributed by atoms with E-state index >= 15 is 0 Å². The number of rotatable bonds is 3. The quantitative estimate of drug-likeness (QED) is 0.518. The van der Waals surface area contributed by atoms with E-state index in [0.717, 1.165) is 5.56 Å². The Morgan fingerprint density at radius 1 is 1.32 bits per heavy atom. The van der Waals surface area contributed by atoms with Gasteiger partial charge in [-0.1, -0.05) is 29.3 Å².